The third-order valence-electron chi connectivity index (χ3n) is 7.28. The molecule has 0 aromatic heterocycles. The summed E-state index contributed by atoms with van der Waals surface area (Å²) >= 11 is 0. The van der Waals surface area contributed by atoms with Gasteiger partial charge in [0.15, 0.2) is 17.6 Å². The minimum absolute atomic E-state index is 0.127. The Bertz CT molecular complexity index is 1050. The summed E-state index contributed by atoms with van der Waals surface area (Å²) in [6.45, 7) is 1.63. The number of piperidine rings is 1. The Kier molecular flexibility index (Phi) is 3.34. The first-order chi connectivity index (χ1) is 13.7. The number of fused-ring (bicyclic) bond motifs is 1. The van der Waals surface area contributed by atoms with Crippen molar-refractivity contribution in [2.75, 3.05) is 33.1 Å². The molecule has 5 aliphatic rings. The van der Waals surface area contributed by atoms with Crippen LogP contribution in [0.25, 0.3) is 0 Å². The van der Waals surface area contributed by atoms with E-state index >= 15 is 0 Å². The monoisotopic (exact) mass is 421 g/mol. The van der Waals surface area contributed by atoms with Crippen molar-refractivity contribution in [3.63, 3.8) is 0 Å². The maximum absolute atomic E-state index is 12.1. The number of aliphatic hydroxyl groups is 1. The molecule has 3 heterocycles. The van der Waals surface area contributed by atoms with Gasteiger partial charge in [0.25, 0.3) is 0 Å². The van der Waals surface area contributed by atoms with Crippen LogP contribution in [-0.4, -0.2) is 75.0 Å². The molecule has 8 nitrogen and oxygen atoms in total. The molecule has 0 amide bonds. The molecule has 2 unspecified atom stereocenters. The number of ether oxygens (including phenoxy) is 3. The fourth-order valence-corrected chi connectivity index (χ4v) is 6.65. The lowest BCUT2D eigenvalue weighted by molar-refractivity contribution is -0.237. The zero-order valence-electron chi connectivity index (χ0n) is 16.3. The van der Waals surface area contributed by atoms with E-state index in [0.717, 1.165) is 23.9 Å². The number of likely N-dealkylation sites (tertiary alicyclic amines) is 1. The highest BCUT2D eigenvalue weighted by molar-refractivity contribution is 7.86. The lowest BCUT2D eigenvalue weighted by Gasteiger charge is -2.62. The van der Waals surface area contributed by atoms with Gasteiger partial charge < -0.3 is 23.5 Å². The van der Waals surface area contributed by atoms with Crippen molar-refractivity contribution < 1.29 is 31.9 Å². The molecule has 0 saturated carbocycles. The van der Waals surface area contributed by atoms with Crippen molar-refractivity contribution in [2.24, 2.45) is 0 Å². The quantitative estimate of drug-likeness (QED) is 0.539. The van der Waals surface area contributed by atoms with Gasteiger partial charge in [0.2, 0.25) is 5.79 Å². The van der Waals surface area contributed by atoms with Crippen LogP contribution in [0.1, 0.15) is 17.5 Å². The maximum atomic E-state index is 12.1. The molecule has 1 aromatic carbocycles. The zero-order valence-corrected chi connectivity index (χ0v) is 17.1. The summed E-state index contributed by atoms with van der Waals surface area (Å²) in [5.41, 5.74) is -0.123. The lowest BCUT2D eigenvalue weighted by Crippen LogP contribution is -2.77. The van der Waals surface area contributed by atoms with Crippen LogP contribution in [0, 0.1) is 0 Å². The highest BCUT2D eigenvalue weighted by Crippen LogP contribution is 2.66. The predicted octanol–water partition coefficient (Wildman–Crippen LogP) is 0.328. The summed E-state index contributed by atoms with van der Waals surface area (Å²) in [4.78, 5) is 2.18. The van der Waals surface area contributed by atoms with Crippen molar-refractivity contribution in [2.45, 2.75) is 41.8 Å². The summed E-state index contributed by atoms with van der Waals surface area (Å²) < 4.78 is 47.4. The first kappa shape index (κ1) is 18.1. The van der Waals surface area contributed by atoms with Gasteiger partial charge in [-0.1, -0.05) is 6.07 Å². The maximum Gasteiger partial charge on any atom is 0.306 e. The van der Waals surface area contributed by atoms with Crippen LogP contribution in [0.4, 0.5) is 0 Å². The van der Waals surface area contributed by atoms with E-state index in [-0.39, 0.29) is 11.8 Å². The highest BCUT2D eigenvalue weighted by atomic mass is 32.2. The van der Waals surface area contributed by atoms with Gasteiger partial charge in [-0.2, -0.15) is 8.42 Å². The minimum Gasteiger partial charge on any atom is -0.479 e. The van der Waals surface area contributed by atoms with Gasteiger partial charge in [0, 0.05) is 11.6 Å². The third-order valence-corrected chi connectivity index (χ3v) is 7.76. The second-order valence-electron chi connectivity index (χ2n) is 8.71. The normalized spacial score (nSPS) is 38.7. The number of nitrogens with zero attached hydrogens (tertiary/aromatic N) is 1. The van der Waals surface area contributed by atoms with E-state index in [1.54, 1.807) is 12.1 Å². The third kappa shape index (κ3) is 2.05. The highest BCUT2D eigenvalue weighted by Gasteiger charge is 2.75. The van der Waals surface area contributed by atoms with Gasteiger partial charge in [0.1, 0.15) is 5.60 Å². The second-order valence-corrected chi connectivity index (χ2v) is 10.3. The molecule has 0 radical (unpaired) electrons. The SMILES string of the molecule is CN1CC[C@]23c4c5ccc(OS(C)(=O)=O)c4OC2C2(C=CC3(O)[C@H]1C5)OCCO2. The molecule has 2 fully saturated rings. The van der Waals surface area contributed by atoms with Crippen LogP contribution in [0.15, 0.2) is 24.3 Å². The Hall–Kier alpha value is -1.65. The van der Waals surface area contributed by atoms with E-state index in [9.17, 15) is 13.5 Å². The van der Waals surface area contributed by atoms with E-state index in [1.165, 1.54) is 0 Å². The van der Waals surface area contributed by atoms with E-state index in [4.69, 9.17) is 18.4 Å². The molecule has 6 rings (SSSR count). The molecule has 3 aliphatic heterocycles. The summed E-state index contributed by atoms with van der Waals surface area (Å²) in [6.07, 6.45) is 5.23. The molecule has 2 aliphatic carbocycles. The van der Waals surface area contributed by atoms with Crippen molar-refractivity contribution in [1.82, 2.24) is 4.90 Å². The molecule has 2 bridgehead atoms. The Morgan fingerprint density at radius 2 is 2.00 bits per heavy atom. The Morgan fingerprint density at radius 3 is 2.72 bits per heavy atom. The van der Waals surface area contributed by atoms with Gasteiger partial charge >= 0.3 is 10.1 Å². The van der Waals surface area contributed by atoms with Gasteiger partial charge in [-0.3, -0.25) is 4.90 Å². The largest absolute Gasteiger partial charge is 0.479 e. The minimum atomic E-state index is -3.74. The predicted molar refractivity (Wildman–Crippen MR) is 101 cm³/mol. The van der Waals surface area contributed by atoms with Gasteiger partial charge in [-0.05, 0) is 50.2 Å². The summed E-state index contributed by atoms with van der Waals surface area (Å²) in [5.74, 6) is -0.590. The summed E-state index contributed by atoms with van der Waals surface area (Å²) in [7, 11) is -1.72. The van der Waals surface area contributed by atoms with Crippen LogP contribution in [0.3, 0.4) is 0 Å². The number of rotatable bonds is 2. The van der Waals surface area contributed by atoms with Gasteiger partial charge in [-0.15, -0.1) is 0 Å². The number of benzene rings is 1. The number of likely N-dealkylation sites (N-methyl/N-ethyl adjacent to an activating group) is 1. The lowest BCUT2D eigenvalue weighted by atomic mass is 9.50. The van der Waals surface area contributed by atoms with Gasteiger partial charge in [-0.25, -0.2) is 0 Å². The van der Waals surface area contributed by atoms with E-state index in [1.807, 2.05) is 19.2 Å². The summed E-state index contributed by atoms with van der Waals surface area (Å²) in [5, 5.41) is 12.1. The average Bonchev–Trinajstić information content (AvgIpc) is 3.25. The Balaban J connectivity index is 1.65. The molecular weight excluding hydrogens is 398 g/mol. The van der Waals surface area contributed by atoms with Crippen molar-refractivity contribution in [1.29, 1.82) is 0 Å². The molecule has 2 spiro atoms. The molecule has 1 aromatic rings. The second kappa shape index (κ2) is 5.33. The van der Waals surface area contributed by atoms with Crippen LogP contribution in [0.5, 0.6) is 11.5 Å². The van der Waals surface area contributed by atoms with Crippen molar-refractivity contribution >= 4 is 10.1 Å². The Labute approximate surface area is 169 Å². The molecule has 4 atom stereocenters. The van der Waals surface area contributed by atoms with E-state index < -0.39 is 33.0 Å². The van der Waals surface area contributed by atoms with Crippen LogP contribution in [0.2, 0.25) is 0 Å². The number of hydrogen-bond acceptors (Lipinski definition) is 8. The summed E-state index contributed by atoms with van der Waals surface area (Å²) in [6, 6.07) is 3.40. The van der Waals surface area contributed by atoms with E-state index in [0.29, 0.717) is 31.8 Å². The molecule has 9 heteroatoms. The topological polar surface area (TPSA) is 94.5 Å². The fourth-order valence-electron chi connectivity index (χ4n) is 6.19. The van der Waals surface area contributed by atoms with Gasteiger partial charge in [0.05, 0.1) is 24.9 Å². The molecule has 1 N–H and O–H groups in total. The fraction of sp³-hybridized carbons (Fsp3) is 0.600. The molecule has 156 valence electrons. The molecule has 29 heavy (non-hydrogen) atoms. The van der Waals surface area contributed by atoms with Crippen molar-refractivity contribution in [3.8, 4) is 11.5 Å². The van der Waals surface area contributed by atoms with Crippen LogP contribution in [-0.2, 0) is 31.4 Å². The zero-order chi connectivity index (χ0) is 20.2. The number of hydrogen-bond donors (Lipinski definition) is 1. The Morgan fingerprint density at radius 1 is 1.24 bits per heavy atom. The van der Waals surface area contributed by atoms with Crippen molar-refractivity contribution in [3.05, 3.63) is 35.4 Å². The standard InChI is InChI=1S/C20H23NO7S/c1-21-8-7-18-15-12-3-4-13(28-29(2,23)24)16(15)27-17(18)20(25-9-10-26-20)6-5-19(18,22)14(21)11-12/h3-6,14,17,22H,7-11H2,1-2H3/t14-,17?,18+,19?/m1/s1. The average molecular weight is 421 g/mol. The molecular formula is C20H23NO7S. The molecule has 2 saturated heterocycles. The van der Waals surface area contributed by atoms with Crippen LogP contribution < -0.4 is 8.92 Å². The first-order valence-corrected chi connectivity index (χ1v) is 11.7. The van der Waals surface area contributed by atoms with E-state index in [2.05, 4.69) is 4.90 Å². The smallest absolute Gasteiger partial charge is 0.306 e. The van der Waals surface area contributed by atoms with Crippen LogP contribution >= 0.6 is 0 Å². The first-order valence-electron chi connectivity index (χ1n) is 9.84.